The molecule has 0 fully saturated rings. The van der Waals surface area contributed by atoms with Crippen LogP contribution in [0.25, 0.3) is 11.1 Å². The van der Waals surface area contributed by atoms with E-state index in [-0.39, 0.29) is 25.2 Å². The minimum Gasteiger partial charge on any atom is -0.461 e. The average molecular weight is 553 g/mol. The van der Waals surface area contributed by atoms with Gasteiger partial charge in [0.15, 0.2) is 0 Å². The molecule has 2 aromatic carbocycles. The molecule has 0 heterocycles. The molecule has 0 atom stereocenters. The van der Waals surface area contributed by atoms with Crippen LogP contribution in [0.4, 0.5) is 0 Å². The molecule has 40 heavy (non-hydrogen) atoms. The zero-order valence-corrected chi connectivity index (χ0v) is 25.5. The minimum absolute atomic E-state index is 0.169. The number of nitrogens with zero attached hydrogens (tertiary/aromatic N) is 2. The Morgan fingerprint density at radius 1 is 0.600 bits per heavy atom. The molecule has 6 nitrogen and oxygen atoms in total. The van der Waals surface area contributed by atoms with E-state index in [9.17, 15) is 9.59 Å². The lowest BCUT2D eigenvalue weighted by Gasteiger charge is -2.16. The fraction of sp³-hybridized carbons (Fsp3) is 0.588. The third kappa shape index (κ3) is 14.6. The smallest absolute Gasteiger partial charge is 0.307 e. The maximum absolute atomic E-state index is 12.3. The number of benzene rings is 2. The summed E-state index contributed by atoms with van der Waals surface area (Å²) < 4.78 is 11.1. The van der Waals surface area contributed by atoms with Crippen molar-refractivity contribution in [3.63, 3.8) is 0 Å². The summed E-state index contributed by atoms with van der Waals surface area (Å²) in [5.74, 6) is -0.338. The summed E-state index contributed by atoms with van der Waals surface area (Å²) in [7, 11) is 4.12. The fourth-order valence-electron chi connectivity index (χ4n) is 4.56. The lowest BCUT2D eigenvalue weighted by atomic mass is 10.0. The van der Waals surface area contributed by atoms with Gasteiger partial charge < -0.3 is 19.3 Å². The van der Waals surface area contributed by atoms with Crippen LogP contribution in [0.1, 0.15) is 89.2 Å². The first-order valence-electron chi connectivity index (χ1n) is 15.3. The first-order valence-corrected chi connectivity index (χ1v) is 15.3. The highest BCUT2D eigenvalue weighted by atomic mass is 16.5. The van der Waals surface area contributed by atoms with E-state index in [0.717, 1.165) is 48.4 Å². The third-order valence-corrected chi connectivity index (χ3v) is 7.17. The minimum atomic E-state index is -0.169. The van der Waals surface area contributed by atoms with Crippen molar-refractivity contribution in [2.45, 2.75) is 91.3 Å². The maximum Gasteiger partial charge on any atom is 0.307 e. The second kappa shape index (κ2) is 20.2. The number of carbonyl (C=O) groups excluding carboxylic acids is 2. The molecule has 0 saturated carbocycles. The van der Waals surface area contributed by atoms with Gasteiger partial charge >= 0.3 is 11.9 Å². The molecule has 0 aliphatic heterocycles. The lowest BCUT2D eigenvalue weighted by Crippen LogP contribution is -2.23. The van der Waals surface area contributed by atoms with Crippen LogP contribution in [-0.4, -0.2) is 62.0 Å². The molecule has 0 amide bonds. The number of carbonyl (C=O) groups is 2. The quantitative estimate of drug-likeness (QED) is 0.120. The number of esters is 2. The van der Waals surface area contributed by atoms with Crippen molar-refractivity contribution >= 4 is 11.9 Å². The molecular formula is C34H52N2O4. The van der Waals surface area contributed by atoms with Crippen molar-refractivity contribution < 1.29 is 19.1 Å². The Labute approximate surface area is 243 Å². The molecule has 2 rings (SSSR count). The molecule has 2 aromatic rings. The monoisotopic (exact) mass is 552 g/mol. The first-order chi connectivity index (χ1) is 19.4. The molecule has 6 heteroatoms. The number of hydrogen-bond donors (Lipinski definition) is 0. The topological polar surface area (TPSA) is 59.1 Å². The zero-order chi connectivity index (χ0) is 29.0. The highest BCUT2D eigenvalue weighted by Crippen LogP contribution is 2.22. The molecule has 0 radical (unpaired) electrons. The molecule has 0 aliphatic rings. The molecule has 222 valence electrons. The fourth-order valence-corrected chi connectivity index (χ4v) is 4.56. The van der Waals surface area contributed by atoms with E-state index in [1.165, 1.54) is 51.4 Å². The SMILES string of the molecule is CCCCCCN(C)CCC(=O)OCc1cccc(-c2cccc(COC(=O)CCN(C)CCCCCC)c2)c1. The predicted octanol–water partition coefficient (Wildman–Crippen LogP) is 7.24. The van der Waals surface area contributed by atoms with E-state index >= 15 is 0 Å². The lowest BCUT2D eigenvalue weighted by molar-refractivity contribution is -0.146. The van der Waals surface area contributed by atoms with Gasteiger partial charge in [-0.05, 0) is 74.4 Å². The molecule has 0 unspecified atom stereocenters. The van der Waals surface area contributed by atoms with Crippen molar-refractivity contribution in [3.05, 3.63) is 59.7 Å². The van der Waals surface area contributed by atoms with Gasteiger partial charge in [0.1, 0.15) is 13.2 Å². The summed E-state index contributed by atoms with van der Waals surface area (Å²) >= 11 is 0. The Morgan fingerprint density at radius 2 is 1.02 bits per heavy atom. The van der Waals surface area contributed by atoms with Crippen molar-refractivity contribution in [2.75, 3.05) is 40.3 Å². The van der Waals surface area contributed by atoms with Crippen LogP contribution in [0.5, 0.6) is 0 Å². The largest absolute Gasteiger partial charge is 0.461 e. The second-order valence-corrected chi connectivity index (χ2v) is 10.9. The summed E-state index contributed by atoms with van der Waals surface area (Å²) in [6.45, 7) is 8.42. The third-order valence-electron chi connectivity index (χ3n) is 7.17. The van der Waals surface area contributed by atoms with Gasteiger partial charge in [-0.3, -0.25) is 9.59 Å². The summed E-state index contributed by atoms with van der Waals surface area (Å²) in [5, 5.41) is 0. The molecule has 0 bridgehead atoms. The summed E-state index contributed by atoms with van der Waals surface area (Å²) in [6.07, 6.45) is 10.6. The Bertz CT molecular complexity index is 914. The van der Waals surface area contributed by atoms with Crippen LogP contribution in [0.15, 0.2) is 48.5 Å². The van der Waals surface area contributed by atoms with Crippen LogP contribution in [0.3, 0.4) is 0 Å². The van der Waals surface area contributed by atoms with Gasteiger partial charge in [-0.2, -0.15) is 0 Å². The van der Waals surface area contributed by atoms with E-state index in [0.29, 0.717) is 12.8 Å². The highest BCUT2D eigenvalue weighted by Gasteiger charge is 2.09. The van der Waals surface area contributed by atoms with Crippen LogP contribution in [0, 0.1) is 0 Å². The summed E-state index contributed by atoms with van der Waals surface area (Å²) in [6, 6.07) is 16.1. The van der Waals surface area contributed by atoms with Gasteiger partial charge in [-0.1, -0.05) is 88.8 Å². The van der Waals surface area contributed by atoms with Gasteiger partial charge in [0, 0.05) is 13.1 Å². The van der Waals surface area contributed by atoms with E-state index in [4.69, 9.17) is 9.47 Å². The molecule has 0 N–H and O–H groups in total. The number of unbranched alkanes of at least 4 members (excludes halogenated alkanes) is 6. The van der Waals surface area contributed by atoms with Crippen LogP contribution >= 0.6 is 0 Å². The van der Waals surface area contributed by atoms with E-state index in [1.54, 1.807) is 0 Å². The van der Waals surface area contributed by atoms with E-state index in [2.05, 4.69) is 49.9 Å². The Hall–Kier alpha value is -2.70. The van der Waals surface area contributed by atoms with Gasteiger partial charge in [-0.15, -0.1) is 0 Å². The van der Waals surface area contributed by atoms with E-state index < -0.39 is 0 Å². The number of rotatable bonds is 21. The predicted molar refractivity (Wildman–Crippen MR) is 164 cm³/mol. The standard InChI is InChI=1S/C34H52N2O4/c1-5-7-9-11-21-35(3)23-19-33(37)39-27-29-15-13-17-31(25-29)32-18-14-16-30(26-32)28-40-34(38)20-24-36(4)22-12-10-8-6-2/h13-18,25-26H,5-12,19-24,27-28H2,1-4H3. The van der Waals surface area contributed by atoms with Gasteiger partial charge in [0.05, 0.1) is 12.8 Å². The normalized spacial score (nSPS) is 11.2. The van der Waals surface area contributed by atoms with Crippen molar-refractivity contribution in [1.29, 1.82) is 0 Å². The number of hydrogen-bond acceptors (Lipinski definition) is 6. The zero-order valence-electron chi connectivity index (χ0n) is 25.5. The molecule has 0 aliphatic carbocycles. The number of ether oxygens (including phenoxy) is 2. The second-order valence-electron chi connectivity index (χ2n) is 10.9. The van der Waals surface area contributed by atoms with Gasteiger partial charge in [0.25, 0.3) is 0 Å². The van der Waals surface area contributed by atoms with Crippen LogP contribution < -0.4 is 0 Å². The average Bonchev–Trinajstić information content (AvgIpc) is 2.97. The van der Waals surface area contributed by atoms with Gasteiger partial charge in [-0.25, -0.2) is 0 Å². The molecule has 0 spiro atoms. The maximum atomic E-state index is 12.3. The summed E-state index contributed by atoms with van der Waals surface area (Å²) in [5.41, 5.74) is 3.99. The van der Waals surface area contributed by atoms with Crippen LogP contribution in [-0.2, 0) is 32.3 Å². The van der Waals surface area contributed by atoms with Crippen molar-refractivity contribution in [3.8, 4) is 11.1 Å². The highest BCUT2D eigenvalue weighted by molar-refractivity contribution is 5.70. The summed E-state index contributed by atoms with van der Waals surface area (Å²) in [4.78, 5) is 29.0. The Balaban J connectivity index is 1.76. The first kappa shape index (κ1) is 33.5. The van der Waals surface area contributed by atoms with Crippen molar-refractivity contribution in [1.82, 2.24) is 9.80 Å². The molecule has 0 saturated heterocycles. The molecule has 0 aromatic heterocycles. The van der Waals surface area contributed by atoms with Gasteiger partial charge in [0.2, 0.25) is 0 Å². The van der Waals surface area contributed by atoms with E-state index in [1.807, 2.05) is 36.4 Å². The Morgan fingerprint density at radius 3 is 1.43 bits per heavy atom. The van der Waals surface area contributed by atoms with Crippen molar-refractivity contribution in [2.24, 2.45) is 0 Å². The Kier molecular flexibility index (Phi) is 16.9. The van der Waals surface area contributed by atoms with Crippen LogP contribution in [0.2, 0.25) is 0 Å². The molecular weight excluding hydrogens is 500 g/mol.